The van der Waals surface area contributed by atoms with Gasteiger partial charge in [-0.2, -0.15) is 0 Å². The Morgan fingerprint density at radius 1 is 1.04 bits per heavy atom. The summed E-state index contributed by atoms with van der Waals surface area (Å²) in [4.78, 5) is 33.9. The van der Waals surface area contributed by atoms with Crippen LogP contribution in [0, 0.1) is 11.8 Å². The normalized spacial score (nSPS) is 20.6. The van der Waals surface area contributed by atoms with Crippen LogP contribution in [0.1, 0.15) is 49.9 Å². The van der Waals surface area contributed by atoms with Crippen LogP contribution in [0.4, 0.5) is 0 Å². The van der Waals surface area contributed by atoms with Gasteiger partial charge >= 0.3 is 5.97 Å². The largest absolute Gasteiger partial charge is 0.465 e. The molecule has 0 radical (unpaired) electrons. The second-order valence-electron chi connectivity index (χ2n) is 7.04. The Hall–Kier alpha value is -2.56. The average molecular weight is 366 g/mol. The SMILES string of the molecule is CCOC(=O)C(Cc1ncccn1)C(=O)C1CCC(c2ccccc2)CC1. The molecule has 0 bridgehead atoms. The number of ether oxygens (including phenoxy) is 1. The minimum atomic E-state index is -0.814. The summed E-state index contributed by atoms with van der Waals surface area (Å²) < 4.78 is 5.16. The lowest BCUT2D eigenvalue weighted by atomic mass is 9.74. The van der Waals surface area contributed by atoms with E-state index in [2.05, 4.69) is 34.2 Å². The highest BCUT2D eigenvalue weighted by Gasteiger charge is 2.36. The Labute approximate surface area is 160 Å². The minimum absolute atomic E-state index is 0.0209. The number of ketones is 1. The first-order valence-electron chi connectivity index (χ1n) is 9.70. The molecule has 0 N–H and O–H groups in total. The molecular formula is C22H26N2O3. The summed E-state index contributed by atoms with van der Waals surface area (Å²) in [5.41, 5.74) is 1.34. The number of carbonyl (C=O) groups excluding carboxylic acids is 2. The molecule has 0 aliphatic heterocycles. The maximum atomic E-state index is 13.1. The van der Waals surface area contributed by atoms with E-state index in [4.69, 9.17) is 4.74 Å². The molecular weight excluding hydrogens is 340 g/mol. The van der Waals surface area contributed by atoms with Crippen molar-refractivity contribution in [1.29, 1.82) is 0 Å². The summed E-state index contributed by atoms with van der Waals surface area (Å²) >= 11 is 0. The molecule has 142 valence electrons. The molecule has 2 aromatic rings. The fraction of sp³-hybridized carbons (Fsp3) is 0.455. The summed E-state index contributed by atoms with van der Waals surface area (Å²) in [5.74, 6) is -0.392. The molecule has 1 unspecified atom stereocenters. The maximum absolute atomic E-state index is 13.1. The molecule has 5 nitrogen and oxygen atoms in total. The third-order valence-electron chi connectivity index (χ3n) is 5.32. The van der Waals surface area contributed by atoms with E-state index >= 15 is 0 Å². The van der Waals surface area contributed by atoms with Crippen molar-refractivity contribution in [3.8, 4) is 0 Å². The lowest BCUT2D eigenvalue weighted by molar-refractivity contribution is -0.153. The molecule has 1 heterocycles. The van der Waals surface area contributed by atoms with Gasteiger partial charge in [0.15, 0.2) is 5.78 Å². The summed E-state index contributed by atoms with van der Waals surface area (Å²) in [6.45, 7) is 2.02. The fourth-order valence-corrected chi connectivity index (χ4v) is 3.88. The van der Waals surface area contributed by atoms with E-state index in [-0.39, 0.29) is 24.7 Å². The Morgan fingerprint density at radius 3 is 2.33 bits per heavy atom. The molecule has 1 aliphatic carbocycles. The van der Waals surface area contributed by atoms with Crippen molar-refractivity contribution in [3.05, 3.63) is 60.2 Å². The van der Waals surface area contributed by atoms with Gasteiger partial charge in [-0.15, -0.1) is 0 Å². The first-order valence-corrected chi connectivity index (χ1v) is 9.70. The maximum Gasteiger partial charge on any atom is 0.316 e. The van der Waals surface area contributed by atoms with E-state index in [0.29, 0.717) is 11.7 Å². The van der Waals surface area contributed by atoms with E-state index in [1.807, 2.05) is 6.07 Å². The molecule has 1 fully saturated rings. The Kier molecular flexibility index (Phi) is 6.69. The molecule has 0 saturated heterocycles. The van der Waals surface area contributed by atoms with Crippen LogP contribution in [-0.2, 0) is 20.7 Å². The van der Waals surface area contributed by atoms with Crippen molar-refractivity contribution >= 4 is 11.8 Å². The first-order chi connectivity index (χ1) is 13.2. The van der Waals surface area contributed by atoms with Gasteiger partial charge in [-0.25, -0.2) is 9.97 Å². The third kappa shape index (κ3) is 5.00. The topological polar surface area (TPSA) is 69.2 Å². The van der Waals surface area contributed by atoms with Crippen LogP contribution in [0.25, 0.3) is 0 Å². The molecule has 1 aromatic heterocycles. The van der Waals surface area contributed by atoms with Gasteiger partial charge in [0, 0.05) is 24.7 Å². The van der Waals surface area contributed by atoms with Crippen molar-refractivity contribution in [2.75, 3.05) is 6.61 Å². The lowest BCUT2D eigenvalue weighted by Crippen LogP contribution is -2.35. The number of nitrogens with zero attached hydrogens (tertiary/aromatic N) is 2. The quantitative estimate of drug-likeness (QED) is 0.551. The molecule has 1 saturated carbocycles. The van der Waals surface area contributed by atoms with E-state index in [1.165, 1.54) is 5.56 Å². The molecule has 0 amide bonds. The van der Waals surface area contributed by atoms with Crippen molar-refractivity contribution < 1.29 is 14.3 Å². The lowest BCUT2D eigenvalue weighted by Gasteiger charge is -2.29. The van der Waals surface area contributed by atoms with Crippen LogP contribution >= 0.6 is 0 Å². The van der Waals surface area contributed by atoms with Crippen LogP contribution in [0.2, 0.25) is 0 Å². The van der Waals surface area contributed by atoms with E-state index in [0.717, 1.165) is 25.7 Å². The first kappa shape index (κ1) is 19.2. The second kappa shape index (κ2) is 9.40. The molecule has 3 rings (SSSR count). The minimum Gasteiger partial charge on any atom is -0.465 e. The van der Waals surface area contributed by atoms with Crippen LogP contribution in [0.5, 0.6) is 0 Å². The van der Waals surface area contributed by atoms with Gasteiger partial charge in [0.2, 0.25) is 0 Å². The Bertz CT molecular complexity index is 741. The molecule has 5 heteroatoms. The van der Waals surface area contributed by atoms with Crippen molar-refractivity contribution in [2.45, 2.75) is 44.9 Å². The van der Waals surface area contributed by atoms with Crippen LogP contribution in [-0.4, -0.2) is 28.3 Å². The number of carbonyl (C=O) groups is 2. The molecule has 0 spiro atoms. The van der Waals surface area contributed by atoms with Gasteiger partial charge in [0.1, 0.15) is 11.7 Å². The van der Waals surface area contributed by atoms with Crippen molar-refractivity contribution in [2.24, 2.45) is 11.8 Å². The monoisotopic (exact) mass is 366 g/mol. The number of esters is 1. The zero-order valence-electron chi connectivity index (χ0n) is 15.7. The molecule has 27 heavy (non-hydrogen) atoms. The predicted molar refractivity (Wildman–Crippen MR) is 102 cm³/mol. The standard InChI is InChI=1S/C22H26N2O3/c1-2-27-22(26)19(15-20-23-13-6-14-24-20)21(25)18-11-9-17(10-12-18)16-7-4-3-5-8-16/h3-8,13-14,17-19H,2,9-12,15H2,1H3. The van der Waals surface area contributed by atoms with Gasteiger partial charge in [0.25, 0.3) is 0 Å². The number of benzene rings is 1. The fourth-order valence-electron chi connectivity index (χ4n) is 3.88. The van der Waals surface area contributed by atoms with E-state index < -0.39 is 11.9 Å². The van der Waals surface area contributed by atoms with Crippen LogP contribution in [0.15, 0.2) is 48.8 Å². The second-order valence-corrected chi connectivity index (χ2v) is 7.04. The molecule has 1 aromatic carbocycles. The summed E-state index contributed by atoms with van der Waals surface area (Å²) in [7, 11) is 0. The summed E-state index contributed by atoms with van der Waals surface area (Å²) in [6.07, 6.45) is 7.01. The van der Waals surface area contributed by atoms with Crippen molar-refractivity contribution in [3.63, 3.8) is 0 Å². The van der Waals surface area contributed by atoms with Crippen LogP contribution in [0.3, 0.4) is 0 Å². The Morgan fingerprint density at radius 2 is 1.70 bits per heavy atom. The highest BCUT2D eigenvalue weighted by atomic mass is 16.5. The van der Waals surface area contributed by atoms with Gasteiger partial charge in [-0.3, -0.25) is 9.59 Å². The number of rotatable bonds is 7. The van der Waals surface area contributed by atoms with Gasteiger partial charge < -0.3 is 4.74 Å². The van der Waals surface area contributed by atoms with E-state index in [9.17, 15) is 9.59 Å². The molecule has 1 atom stereocenters. The Balaban J connectivity index is 1.66. The summed E-state index contributed by atoms with van der Waals surface area (Å²) in [6, 6.07) is 12.2. The molecule has 1 aliphatic rings. The van der Waals surface area contributed by atoms with Gasteiger partial charge in [-0.1, -0.05) is 30.3 Å². The number of Topliss-reactive ketones (excluding diaryl/α,β-unsaturated/α-hetero) is 1. The predicted octanol–water partition coefficient (Wildman–Crippen LogP) is 3.74. The third-order valence-corrected chi connectivity index (χ3v) is 5.32. The smallest absolute Gasteiger partial charge is 0.316 e. The highest BCUT2D eigenvalue weighted by molar-refractivity contribution is 6.00. The number of hydrogen-bond acceptors (Lipinski definition) is 5. The average Bonchev–Trinajstić information content (AvgIpc) is 2.73. The van der Waals surface area contributed by atoms with E-state index in [1.54, 1.807) is 25.4 Å². The zero-order valence-corrected chi connectivity index (χ0v) is 15.7. The number of hydrogen-bond donors (Lipinski definition) is 0. The highest BCUT2D eigenvalue weighted by Crippen LogP contribution is 2.37. The zero-order chi connectivity index (χ0) is 19.1. The van der Waals surface area contributed by atoms with Crippen LogP contribution < -0.4 is 0 Å². The number of aromatic nitrogens is 2. The van der Waals surface area contributed by atoms with Crippen molar-refractivity contribution in [1.82, 2.24) is 9.97 Å². The summed E-state index contributed by atoms with van der Waals surface area (Å²) in [5, 5.41) is 0. The van der Waals surface area contributed by atoms with Gasteiger partial charge in [0.05, 0.1) is 6.61 Å². The van der Waals surface area contributed by atoms with Gasteiger partial charge in [-0.05, 0) is 50.2 Å².